The largest absolute Gasteiger partial charge is 0.480 e. The Balaban J connectivity index is 0.00000256. The van der Waals surface area contributed by atoms with Gasteiger partial charge in [0.15, 0.2) is 0 Å². The van der Waals surface area contributed by atoms with Crippen molar-refractivity contribution in [3.63, 3.8) is 0 Å². The number of likely N-dealkylation sites (tertiary alicyclic amines) is 1. The molecule has 0 aromatic rings. The van der Waals surface area contributed by atoms with Gasteiger partial charge in [0.1, 0.15) is 6.54 Å². The molecule has 17 heavy (non-hydrogen) atoms. The van der Waals surface area contributed by atoms with Gasteiger partial charge in [-0.25, -0.2) is 0 Å². The number of rotatable bonds is 5. The quantitative estimate of drug-likeness (QED) is 0.762. The summed E-state index contributed by atoms with van der Waals surface area (Å²) in [5.74, 6) is 0.0981. The minimum atomic E-state index is -1.00. The third-order valence-corrected chi connectivity index (χ3v) is 3.06. The summed E-state index contributed by atoms with van der Waals surface area (Å²) in [6.07, 6.45) is 1.13. The Kier molecular flexibility index (Phi) is 7.15. The highest BCUT2D eigenvalue weighted by Crippen LogP contribution is 2.22. The number of amides is 1. The van der Waals surface area contributed by atoms with Crippen molar-refractivity contribution in [3.05, 3.63) is 0 Å². The summed E-state index contributed by atoms with van der Waals surface area (Å²) < 4.78 is 0. The molecule has 5 nitrogen and oxygen atoms in total. The Morgan fingerprint density at radius 3 is 2.59 bits per heavy atom. The molecule has 0 aliphatic carbocycles. The lowest BCUT2D eigenvalue weighted by molar-refractivity contribution is -0.138. The molecule has 100 valence electrons. The topological polar surface area (TPSA) is 69.6 Å². The number of carbonyl (C=O) groups is 2. The van der Waals surface area contributed by atoms with Crippen LogP contribution in [0.2, 0.25) is 0 Å². The van der Waals surface area contributed by atoms with Crippen molar-refractivity contribution in [3.8, 4) is 0 Å². The highest BCUT2D eigenvalue weighted by atomic mass is 35.5. The fourth-order valence-corrected chi connectivity index (χ4v) is 1.98. The molecule has 0 radical (unpaired) electrons. The van der Waals surface area contributed by atoms with Crippen LogP contribution in [0.3, 0.4) is 0 Å². The number of carbonyl (C=O) groups excluding carboxylic acids is 1. The Bertz CT molecular complexity index is 271. The molecule has 1 aliphatic rings. The van der Waals surface area contributed by atoms with Gasteiger partial charge >= 0.3 is 5.97 Å². The van der Waals surface area contributed by atoms with Crippen molar-refractivity contribution in [2.45, 2.75) is 20.3 Å². The summed E-state index contributed by atoms with van der Waals surface area (Å²) >= 11 is 0. The van der Waals surface area contributed by atoms with Crippen molar-refractivity contribution in [2.75, 3.05) is 26.2 Å². The Morgan fingerprint density at radius 1 is 1.47 bits per heavy atom. The first-order chi connectivity index (χ1) is 7.49. The van der Waals surface area contributed by atoms with Gasteiger partial charge in [-0.05, 0) is 24.8 Å². The van der Waals surface area contributed by atoms with E-state index < -0.39 is 5.97 Å². The lowest BCUT2D eigenvalue weighted by Gasteiger charge is -2.17. The zero-order chi connectivity index (χ0) is 12.1. The number of nitrogens with one attached hydrogen (secondary N) is 1. The fraction of sp³-hybridized carbons (Fsp3) is 0.818. The van der Waals surface area contributed by atoms with E-state index in [0.717, 1.165) is 19.5 Å². The van der Waals surface area contributed by atoms with Crippen LogP contribution in [0.5, 0.6) is 0 Å². The van der Waals surface area contributed by atoms with E-state index in [0.29, 0.717) is 18.4 Å². The number of hydrogen-bond acceptors (Lipinski definition) is 3. The van der Waals surface area contributed by atoms with Crippen molar-refractivity contribution < 1.29 is 14.7 Å². The maximum absolute atomic E-state index is 11.4. The average Bonchev–Trinajstić information content (AvgIpc) is 2.63. The van der Waals surface area contributed by atoms with E-state index in [2.05, 4.69) is 24.1 Å². The lowest BCUT2D eigenvalue weighted by atomic mass is 9.95. The zero-order valence-corrected chi connectivity index (χ0v) is 11.1. The summed E-state index contributed by atoms with van der Waals surface area (Å²) in [6.45, 7) is 6.29. The molecule has 1 rings (SSSR count). The molecule has 0 spiro atoms. The maximum Gasteiger partial charge on any atom is 0.322 e. The summed E-state index contributed by atoms with van der Waals surface area (Å²) in [6, 6.07) is 0. The van der Waals surface area contributed by atoms with Crippen LogP contribution in [0.15, 0.2) is 0 Å². The second kappa shape index (κ2) is 7.50. The fourth-order valence-electron chi connectivity index (χ4n) is 1.98. The van der Waals surface area contributed by atoms with Crippen LogP contribution in [-0.4, -0.2) is 48.1 Å². The summed E-state index contributed by atoms with van der Waals surface area (Å²) in [7, 11) is 0. The number of hydrogen-bond donors (Lipinski definition) is 2. The van der Waals surface area contributed by atoms with Gasteiger partial charge in [0.2, 0.25) is 5.91 Å². The standard InChI is InChI=1S/C11H20N2O3.ClH/c1-8(2)9-3-4-13(6-9)7-10(14)12-5-11(15)16;/h8-9H,3-7H2,1-2H3,(H,12,14)(H,15,16);1H. The lowest BCUT2D eigenvalue weighted by Crippen LogP contribution is -2.38. The van der Waals surface area contributed by atoms with Gasteiger partial charge in [-0.15, -0.1) is 12.4 Å². The molecule has 0 bridgehead atoms. The number of halogens is 1. The van der Waals surface area contributed by atoms with Gasteiger partial charge in [0.05, 0.1) is 6.54 Å². The van der Waals surface area contributed by atoms with Crippen LogP contribution in [-0.2, 0) is 9.59 Å². The summed E-state index contributed by atoms with van der Waals surface area (Å²) in [5, 5.41) is 10.8. The van der Waals surface area contributed by atoms with Crippen LogP contribution in [0.4, 0.5) is 0 Å². The molecule has 1 heterocycles. The molecule has 0 saturated carbocycles. The molecule has 1 atom stereocenters. The van der Waals surface area contributed by atoms with E-state index in [4.69, 9.17) is 5.11 Å². The smallest absolute Gasteiger partial charge is 0.322 e. The van der Waals surface area contributed by atoms with Gasteiger partial charge in [-0.2, -0.15) is 0 Å². The summed E-state index contributed by atoms with van der Waals surface area (Å²) in [5.41, 5.74) is 0. The molecule has 6 heteroatoms. The second-order valence-electron chi connectivity index (χ2n) is 4.70. The third-order valence-electron chi connectivity index (χ3n) is 3.06. The van der Waals surface area contributed by atoms with E-state index in [1.807, 2.05) is 0 Å². The first kappa shape index (κ1) is 16.2. The number of carboxylic acid groups (broad SMARTS) is 1. The molecule has 1 saturated heterocycles. The predicted octanol–water partition coefficient (Wildman–Crippen LogP) is 0.587. The zero-order valence-electron chi connectivity index (χ0n) is 10.3. The average molecular weight is 265 g/mol. The van der Waals surface area contributed by atoms with Crippen molar-refractivity contribution >= 4 is 24.3 Å². The number of carboxylic acids is 1. The van der Waals surface area contributed by atoms with E-state index in [-0.39, 0.29) is 24.9 Å². The molecule has 2 N–H and O–H groups in total. The summed E-state index contributed by atoms with van der Waals surface area (Å²) in [4.78, 5) is 23.7. The van der Waals surface area contributed by atoms with E-state index >= 15 is 0 Å². The van der Waals surface area contributed by atoms with Gasteiger partial charge < -0.3 is 10.4 Å². The number of nitrogens with zero attached hydrogens (tertiary/aromatic N) is 1. The van der Waals surface area contributed by atoms with Crippen molar-refractivity contribution in [1.82, 2.24) is 10.2 Å². The molecular weight excluding hydrogens is 244 g/mol. The predicted molar refractivity (Wildman–Crippen MR) is 67.3 cm³/mol. The molecule has 1 aliphatic heterocycles. The third kappa shape index (κ3) is 5.89. The van der Waals surface area contributed by atoms with Crippen molar-refractivity contribution in [2.24, 2.45) is 11.8 Å². The molecule has 1 unspecified atom stereocenters. The van der Waals surface area contributed by atoms with Gasteiger partial charge in [0.25, 0.3) is 0 Å². The molecule has 1 amide bonds. The normalized spacial score (nSPS) is 20.1. The van der Waals surface area contributed by atoms with Crippen LogP contribution in [0, 0.1) is 11.8 Å². The monoisotopic (exact) mass is 264 g/mol. The minimum Gasteiger partial charge on any atom is -0.480 e. The maximum atomic E-state index is 11.4. The molecule has 1 fully saturated rings. The van der Waals surface area contributed by atoms with Gasteiger partial charge in [-0.3, -0.25) is 14.5 Å². The first-order valence-corrected chi connectivity index (χ1v) is 5.70. The molecular formula is C11H21ClN2O3. The van der Waals surface area contributed by atoms with Gasteiger partial charge in [-0.1, -0.05) is 13.8 Å². The SMILES string of the molecule is CC(C)C1CCN(CC(=O)NCC(=O)O)C1.Cl. The molecule has 0 aromatic heterocycles. The van der Waals surface area contributed by atoms with E-state index in [9.17, 15) is 9.59 Å². The van der Waals surface area contributed by atoms with Crippen molar-refractivity contribution in [1.29, 1.82) is 0 Å². The van der Waals surface area contributed by atoms with Crippen LogP contribution in [0.1, 0.15) is 20.3 Å². The Hall–Kier alpha value is -0.810. The number of aliphatic carboxylic acids is 1. The van der Waals surface area contributed by atoms with Crippen LogP contribution < -0.4 is 5.32 Å². The second-order valence-corrected chi connectivity index (χ2v) is 4.70. The highest BCUT2D eigenvalue weighted by Gasteiger charge is 2.25. The van der Waals surface area contributed by atoms with E-state index in [1.54, 1.807) is 0 Å². The highest BCUT2D eigenvalue weighted by molar-refractivity contribution is 5.85. The van der Waals surface area contributed by atoms with Crippen LogP contribution in [0.25, 0.3) is 0 Å². The minimum absolute atomic E-state index is 0. The van der Waals surface area contributed by atoms with Gasteiger partial charge in [0, 0.05) is 6.54 Å². The van der Waals surface area contributed by atoms with E-state index in [1.165, 1.54) is 0 Å². The molecule has 0 aromatic carbocycles. The Labute approximate surface area is 108 Å². The first-order valence-electron chi connectivity index (χ1n) is 5.70. The van der Waals surface area contributed by atoms with Crippen LogP contribution >= 0.6 is 12.4 Å². The Morgan fingerprint density at radius 2 is 2.12 bits per heavy atom.